The summed E-state index contributed by atoms with van der Waals surface area (Å²) in [5, 5.41) is 12.2. The molecule has 0 radical (unpaired) electrons. The summed E-state index contributed by atoms with van der Waals surface area (Å²) in [5.74, 6) is 1.69. The second-order valence-electron chi connectivity index (χ2n) is 11.2. The third-order valence-electron chi connectivity index (χ3n) is 8.18. The minimum Gasteiger partial charge on any atom is -0.495 e. The van der Waals surface area contributed by atoms with Crippen molar-refractivity contribution in [3.05, 3.63) is 81.9 Å². The molecular weight excluding hydrogens is 542 g/mol. The quantitative estimate of drug-likeness (QED) is 0.330. The van der Waals surface area contributed by atoms with Gasteiger partial charge in [-0.25, -0.2) is 0 Å². The van der Waals surface area contributed by atoms with Gasteiger partial charge in [0.1, 0.15) is 5.75 Å². The molecule has 5 rings (SSSR count). The van der Waals surface area contributed by atoms with Gasteiger partial charge < -0.3 is 24.1 Å². The second kappa shape index (κ2) is 11.9. The van der Waals surface area contributed by atoms with Crippen LogP contribution in [0.1, 0.15) is 61.9 Å². The Bertz CT molecular complexity index is 1400. The van der Waals surface area contributed by atoms with Crippen molar-refractivity contribution in [1.29, 1.82) is 0 Å². The molecule has 0 saturated carbocycles. The van der Waals surface area contributed by atoms with E-state index in [0.717, 1.165) is 35.1 Å². The van der Waals surface area contributed by atoms with Crippen LogP contribution in [0, 0.1) is 5.92 Å². The smallest absolute Gasteiger partial charge is 0.232 e. The normalized spacial score (nSPS) is 19.1. The van der Waals surface area contributed by atoms with Gasteiger partial charge in [0.05, 0.1) is 44.1 Å². The van der Waals surface area contributed by atoms with Gasteiger partial charge in [-0.05, 0) is 98.2 Å². The molecule has 0 spiro atoms. The topological polar surface area (TPSA) is 77.5 Å². The molecule has 1 fully saturated rings. The van der Waals surface area contributed by atoms with Crippen LogP contribution in [0.15, 0.2) is 54.6 Å². The van der Waals surface area contributed by atoms with Gasteiger partial charge in [0.2, 0.25) is 5.91 Å². The molecule has 3 aromatic rings. The molecule has 2 atom stereocenters. The first kappa shape index (κ1) is 29.2. The number of hydrogen-bond donors (Lipinski definition) is 1. The highest BCUT2D eigenvalue weighted by Crippen LogP contribution is 2.47. The molecule has 1 saturated heterocycles. The van der Waals surface area contributed by atoms with Crippen LogP contribution in [-0.4, -0.2) is 44.6 Å². The molecular formula is C33H38ClNO6. The zero-order valence-electron chi connectivity index (χ0n) is 24.3. The van der Waals surface area contributed by atoms with Crippen molar-refractivity contribution < 1.29 is 28.8 Å². The Morgan fingerprint density at radius 1 is 0.976 bits per heavy atom. The van der Waals surface area contributed by atoms with Crippen molar-refractivity contribution in [2.24, 2.45) is 5.92 Å². The molecule has 0 aromatic heterocycles. The van der Waals surface area contributed by atoms with E-state index in [4.69, 9.17) is 30.5 Å². The molecule has 2 aliphatic heterocycles. The van der Waals surface area contributed by atoms with E-state index in [0.29, 0.717) is 41.2 Å². The molecule has 41 heavy (non-hydrogen) atoms. The number of carbonyl (C=O) groups is 1. The summed E-state index contributed by atoms with van der Waals surface area (Å²) in [4.78, 5) is 15.8. The van der Waals surface area contributed by atoms with E-state index >= 15 is 0 Å². The van der Waals surface area contributed by atoms with Crippen LogP contribution in [0.2, 0.25) is 5.02 Å². The van der Waals surface area contributed by atoms with Gasteiger partial charge >= 0.3 is 0 Å². The number of rotatable bonds is 8. The van der Waals surface area contributed by atoms with Crippen LogP contribution in [0.5, 0.6) is 17.2 Å². The van der Waals surface area contributed by atoms with E-state index < -0.39 is 11.6 Å². The molecule has 8 heteroatoms. The molecule has 0 bridgehead atoms. The summed E-state index contributed by atoms with van der Waals surface area (Å²) in [7, 11) is 3.19. The largest absolute Gasteiger partial charge is 0.495 e. The average molecular weight is 580 g/mol. The van der Waals surface area contributed by atoms with E-state index in [2.05, 4.69) is 0 Å². The predicted molar refractivity (Wildman–Crippen MR) is 159 cm³/mol. The Labute approximate surface area is 246 Å². The minimum absolute atomic E-state index is 0.0616. The van der Waals surface area contributed by atoms with Gasteiger partial charge in [-0.1, -0.05) is 29.8 Å². The highest BCUT2D eigenvalue weighted by molar-refractivity contribution is 6.30. The SMILES string of the molecule is COc1cc2c(cc1OC(C)C)C(c1ccc(Cl)cc1)N(c1ccc([C@@](C)(O)C3CCOCC3)cc1OC)C(=O)C2. The Kier molecular flexibility index (Phi) is 8.50. The third kappa shape index (κ3) is 5.76. The number of aliphatic hydroxyl groups is 1. The predicted octanol–water partition coefficient (Wildman–Crippen LogP) is 6.46. The number of halogens is 1. The van der Waals surface area contributed by atoms with Crippen molar-refractivity contribution in [1.82, 2.24) is 0 Å². The zero-order chi connectivity index (χ0) is 29.3. The number of amides is 1. The summed E-state index contributed by atoms with van der Waals surface area (Å²) in [6.45, 7) is 7.04. The van der Waals surface area contributed by atoms with E-state index in [-0.39, 0.29) is 24.3 Å². The van der Waals surface area contributed by atoms with Crippen LogP contribution in [-0.2, 0) is 21.6 Å². The maximum absolute atomic E-state index is 14.0. The van der Waals surface area contributed by atoms with E-state index in [1.54, 1.807) is 19.1 Å². The van der Waals surface area contributed by atoms with Gasteiger partial charge in [-0.15, -0.1) is 0 Å². The number of anilines is 1. The molecule has 1 unspecified atom stereocenters. The van der Waals surface area contributed by atoms with Crippen molar-refractivity contribution >= 4 is 23.2 Å². The number of methoxy groups -OCH3 is 2. The molecule has 2 aliphatic rings. The van der Waals surface area contributed by atoms with Gasteiger partial charge in [-0.3, -0.25) is 9.69 Å². The summed E-state index contributed by atoms with van der Waals surface area (Å²) in [6, 6.07) is 16.6. The van der Waals surface area contributed by atoms with Crippen LogP contribution < -0.4 is 19.1 Å². The first-order valence-corrected chi connectivity index (χ1v) is 14.5. The lowest BCUT2D eigenvalue weighted by Gasteiger charge is -2.39. The van der Waals surface area contributed by atoms with Crippen LogP contribution in [0.3, 0.4) is 0 Å². The Hall–Kier alpha value is -3.26. The number of carbonyl (C=O) groups excluding carboxylic acids is 1. The number of nitrogens with zero attached hydrogens (tertiary/aromatic N) is 1. The summed E-state index contributed by atoms with van der Waals surface area (Å²) in [6.07, 6.45) is 1.68. The molecule has 218 valence electrons. The van der Waals surface area contributed by atoms with Crippen molar-refractivity contribution in [2.45, 2.75) is 57.8 Å². The fraction of sp³-hybridized carbons (Fsp3) is 0.424. The van der Waals surface area contributed by atoms with Crippen LogP contribution >= 0.6 is 11.6 Å². The number of benzene rings is 3. The number of fused-ring (bicyclic) bond motifs is 1. The van der Waals surface area contributed by atoms with Crippen molar-refractivity contribution in [3.8, 4) is 17.2 Å². The maximum atomic E-state index is 14.0. The molecule has 1 amide bonds. The highest BCUT2D eigenvalue weighted by atomic mass is 35.5. The van der Waals surface area contributed by atoms with E-state index in [1.807, 2.05) is 75.4 Å². The van der Waals surface area contributed by atoms with Gasteiger partial charge in [-0.2, -0.15) is 0 Å². The maximum Gasteiger partial charge on any atom is 0.232 e. The van der Waals surface area contributed by atoms with Crippen LogP contribution in [0.4, 0.5) is 5.69 Å². The molecule has 2 heterocycles. The monoisotopic (exact) mass is 579 g/mol. The van der Waals surface area contributed by atoms with Crippen molar-refractivity contribution in [2.75, 3.05) is 32.3 Å². The lowest BCUT2D eigenvalue weighted by Crippen LogP contribution is -2.41. The second-order valence-corrected chi connectivity index (χ2v) is 11.6. The molecule has 7 nitrogen and oxygen atoms in total. The molecule has 0 aliphatic carbocycles. The number of hydrogen-bond acceptors (Lipinski definition) is 6. The fourth-order valence-electron chi connectivity index (χ4n) is 6.00. The summed E-state index contributed by atoms with van der Waals surface area (Å²) >= 11 is 6.26. The van der Waals surface area contributed by atoms with Crippen LogP contribution in [0.25, 0.3) is 0 Å². The van der Waals surface area contributed by atoms with E-state index in [9.17, 15) is 9.90 Å². The standard InChI is InChI=1S/C33H38ClNO6/c1-20(2)41-30-19-26-22(16-29(30)39-5)17-31(36)35(32(26)21-6-9-25(34)10-7-21)27-11-8-24(18-28(27)38-4)33(3,37)23-12-14-40-15-13-23/h6-11,16,18-20,23,32,37H,12-15,17H2,1-5H3/t32?,33-/m0/s1. The third-order valence-corrected chi connectivity index (χ3v) is 8.43. The van der Waals surface area contributed by atoms with Crippen molar-refractivity contribution in [3.63, 3.8) is 0 Å². The lowest BCUT2D eigenvalue weighted by atomic mass is 9.78. The summed E-state index contributed by atoms with van der Waals surface area (Å²) in [5.41, 5.74) is 3.00. The molecule has 1 N–H and O–H groups in total. The first-order chi connectivity index (χ1) is 19.6. The van der Waals surface area contributed by atoms with Gasteiger partial charge in [0, 0.05) is 18.2 Å². The van der Waals surface area contributed by atoms with Gasteiger partial charge in [0.15, 0.2) is 11.5 Å². The van der Waals surface area contributed by atoms with E-state index in [1.165, 1.54) is 0 Å². The minimum atomic E-state index is -1.07. The summed E-state index contributed by atoms with van der Waals surface area (Å²) < 4.78 is 23.1. The van der Waals surface area contributed by atoms with Gasteiger partial charge in [0.25, 0.3) is 0 Å². The Balaban J connectivity index is 1.64. The Morgan fingerprint density at radius 2 is 1.66 bits per heavy atom. The average Bonchev–Trinajstić information content (AvgIpc) is 2.97. The lowest BCUT2D eigenvalue weighted by molar-refractivity contribution is -0.118. The Morgan fingerprint density at radius 3 is 2.29 bits per heavy atom. The number of ether oxygens (including phenoxy) is 4. The fourth-order valence-corrected chi connectivity index (χ4v) is 6.12. The first-order valence-electron chi connectivity index (χ1n) is 14.1. The molecule has 3 aromatic carbocycles. The highest BCUT2D eigenvalue weighted by Gasteiger charge is 2.39. The zero-order valence-corrected chi connectivity index (χ0v) is 25.0.